The highest BCUT2D eigenvalue weighted by Gasteiger charge is 2.06. The van der Waals surface area contributed by atoms with Gasteiger partial charge in [0.15, 0.2) is 5.78 Å². The van der Waals surface area contributed by atoms with E-state index in [1.165, 1.54) is 9.75 Å². The molecule has 0 radical (unpaired) electrons. The van der Waals surface area contributed by atoms with Crippen LogP contribution in [0, 0.1) is 6.92 Å². The highest BCUT2D eigenvalue weighted by atomic mass is 32.1. The van der Waals surface area contributed by atoms with E-state index >= 15 is 0 Å². The number of anilines is 1. The van der Waals surface area contributed by atoms with Gasteiger partial charge in [-0.1, -0.05) is 0 Å². The Bertz CT molecular complexity index is 556. The smallest absolute Gasteiger partial charge is 0.159 e. The van der Waals surface area contributed by atoms with Crippen molar-refractivity contribution in [3.05, 3.63) is 51.7 Å². The summed E-state index contributed by atoms with van der Waals surface area (Å²) in [6, 6.07) is 12.4. The van der Waals surface area contributed by atoms with Gasteiger partial charge in [0.05, 0.1) is 0 Å². The number of hydrogen-bond donors (Lipinski definition) is 1. The van der Waals surface area contributed by atoms with Gasteiger partial charge in [0.2, 0.25) is 0 Å². The Labute approximate surface area is 118 Å². The summed E-state index contributed by atoms with van der Waals surface area (Å²) in [7, 11) is 0. The molecule has 3 heteroatoms. The number of benzene rings is 1. The molecule has 1 aromatic heterocycles. The summed E-state index contributed by atoms with van der Waals surface area (Å²) in [4.78, 5) is 14.0. The fourth-order valence-corrected chi connectivity index (χ4v) is 3.05. The van der Waals surface area contributed by atoms with Crippen molar-refractivity contribution in [2.24, 2.45) is 0 Å². The fourth-order valence-electron chi connectivity index (χ4n) is 2.03. The molecule has 1 N–H and O–H groups in total. The van der Waals surface area contributed by atoms with Gasteiger partial charge in [-0.25, -0.2) is 0 Å². The highest BCUT2D eigenvalue weighted by molar-refractivity contribution is 7.11. The molecule has 1 atom stereocenters. The van der Waals surface area contributed by atoms with E-state index in [1.54, 1.807) is 6.92 Å². The number of rotatable bonds is 5. The van der Waals surface area contributed by atoms with Gasteiger partial charge in [-0.2, -0.15) is 0 Å². The number of carbonyl (C=O) groups excluding carboxylic acids is 1. The van der Waals surface area contributed by atoms with E-state index in [2.05, 4.69) is 31.3 Å². The maximum Gasteiger partial charge on any atom is 0.159 e. The van der Waals surface area contributed by atoms with Crippen molar-refractivity contribution < 1.29 is 4.79 Å². The normalized spacial score (nSPS) is 12.2. The fraction of sp³-hybridized carbons (Fsp3) is 0.312. The van der Waals surface area contributed by atoms with Crippen LogP contribution in [-0.4, -0.2) is 11.8 Å². The number of hydrogen-bond acceptors (Lipinski definition) is 3. The SMILES string of the molecule is CC(=O)c1ccc(NC(C)Cc2ccc(C)s2)cc1. The maximum absolute atomic E-state index is 11.2. The second-order valence-corrected chi connectivity index (χ2v) is 6.27. The average molecular weight is 273 g/mol. The molecule has 100 valence electrons. The molecule has 0 saturated heterocycles. The second kappa shape index (κ2) is 6.02. The first kappa shape index (κ1) is 13.8. The molecule has 1 heterocycles. The Hall–Kier alpha value is -1.61. The van der Waals surface area contributed by atoms with Crippen LogP contribution < -0.4 is 5.32 Å². The first-order valence-corrected chi connectivity index (χ1v) is 7.29. The molecule has 0 spiro atoms. The zero-order chi connectivity index (χ0) is 13.8. The zero-order valence-electron chi connectivity index (χ0n) is 11.6. The summed E-state index contributed by atoms with van der Waals surface area (Å²) >= 11 is 1.85. The Kier molecular flexibility index (Phi) is 4.38. The van der Waals surface area contributed by atoms with Crippen molar-refractivity contribution in [3.8, 4) is 0 Å². The molecule has 0 aliphatic heterocycles. The summed E-state index contributed by atoms with van der Waals surface area (Å²) < 4.78 is 0. The summed E-state index contributed by atoms with van der Waals surface area (Å²) in [5.74, 6) is 0.105. The van der Waals surface area contributed by atoms with Gasteiger partial charge >= 0.3 is 0 Å². The third kappa shape index (κ3) is 3.93. The van der Waals surface area contributed by atoms with Crippen molar-refractivity contribution in [2.75, 3.05) is 5.32 Å². The number of ketones is 1. The summed E-state index contributed by atoms with van der Waals surface area (Å²) in [6.45, 7) is 5.89. The van der Waals surface area contributed by atoms with Crippen LogP contribution >= 0.6 is 11.3 Å². The van der Waals surface area contributed by atoms with Gasteiger partial charge < -0.3 is 5.32 Å². The molecule has 0 aliphatic carbocycles. The van der Waals surface area contributed by atoms with E-state index in [0.29, 0.717) is 6.04 Å². The number of Topliss-reactive ketones (excluding diaryl/α,β-unsaturated/α-hetero) is 1. The van der Waals surface area contributed by atoms with Crippen LogP contribution in [0.4, 0.5) is 5.69 Å². The average Bonchev–Trinajstić information content (AvgIpc) is 2.75. The Morgan fingerprint density at radius 3 is 2.42 bits per heavy atom. The minimum Gasteiger partial charge on any atom is -0.382 e. The van der Waals surface area contributed by atoms with E-state index in [4.69, 9.17) is 0 Å². The van der Waals surface area contributed by atoms with Gasteiger partial charge in [0, 0.05) is 33.5 Å². The molecule has 0 fully saturated rings. The molecule has 0 saturated carbocycles. The van der Waals surface area contributed by atoms with Gasteiger partial charge in [-0.05, 0) is 57.2 Å². The Morgan fingerprint density at radius 2 is 1.89 bits per heavy atom. The van der Waals surface area contributed by atoms with E-state index in [-0.39, 0.29) is 5.78 Å². The van der Waals surface area contributed by atoms with Crippen molar-refractivity contribution in [1.29, 1.82) is 0 Å². The van der Waals surface area contributed by atoms with Crippen LogP contribution in [-0.2, 0) is 6.42 Å². The van der Waals surface area contributed by atoms with Crippen molar-refractivity contribution in [3.63, 3.8) is 0 Å². The first-order valence-electron chi connectivity index (χ1n) is 6.47. The summed E-state index contributed by atoms with van der Waals surface area (Å²) in [5, 5.41) is 3.46. The van der Waals surface area contributed by atoms with Gasteiger partial charge in [0.1, 0.15) is 0 Å². The first-order chi connectivity index (χ1) is 9.04. The second-order valence-electron chi connectivity index (χ2n) is 4.90. The Balaban J connectivity index is 1.94. The number of carbonyl (C=O) groups is 1. The van der Waals surface area contributed by atoms with E-state index in [1.807, 2.05) is 35.6 Å². The van der Waals surface area contributed by atoms with Gasteiger partial charge in [-0.3, -0.25) is 4.79 Å². The van der Waals surface area contributed by atoms with Crippen LogP contribution in [0.3, 0.4) is 0 Å². The molecule has 0 bridgehead atoms. The van der Waals surface area contributed by atoms with Crippen LogP contribution in [0.2, 0.25) is 0 Å². The largest absolute Gasteiger partial charge is 0.382 e. The lowest BCUT2D eigenvalue weighted by Gasteiger charge is -2.14. The lowest BCUT2D eigenvalue weighted by molar-refractivity contribution is 0.101. The minimum absolute atomic E-state index is 0.105. The summed E-state index contributed by atoms with van der Waals surface area (Å²) in [6.07, 6.45) is 1.02. The zero-order valence-corrected chi connectivity index (χ0v) is 12.4. The van der Waals surface area contributed by atoms with Crippen LogP contribution in [0.25, 0.3) is 0 Å². The Morgan fingerprint density at radius 1 is 1.21 bits per heavy atom. The van der Waals surface area contributed by atoms with Crippen LogP contribution in [0.5, 0.6) is 0 Å². The molecular weight excluding hydrogens is 254 g/mol. The molecular formula is C16H19NOS. The third-order valence-corrected chi connectivity index (χ3v) is 4.03. The monoisotopic (exact) mass is 273 g/mol. The molecule has 2 rings (SSSR count). The van der Waals surface area contributed by atoms with E-state index < -0.39 is 0 Å². The number of nitrogens with one attached hydrogen (secondary N) is 1. The topological polar surface area (TPSA) is 29.1 Å². The molecule has 0 aliphatic rings. The molecule has 2 nitrogen and oxygen atoms in total. The third-order valence-electron chi connectivity index (χ3n) is 3.01. The standard InChI is InChI=1S/C16H19NOS/c1-11(10-16-9-4-12(2)19-16)17-15-7-5-14(6-8-15)13(3)18/h4-9,11,17H,10H2,1-3H3. The lowest BCUT2D eigenvalue weighted by atomic mass is 10.1. The predicted octanol–water partition coefficient (Wildman–Crippen LogP) is 4.30. The van der Waals surface area contributed by atoms with Gasteiger partial charge in [-0.15, -0.1) is 11.3 Å². The highest BCUT2D eigenvalue weighted by Crippen LogP contribution is 2.18. The lowest BCUT2D eigenvalue weighted by Crippen LogP contribution is -2.17. The molecule has 1 unspecified atom stereocenters. The summed E-state index contributed by atoms with van der Waals surface area (Å²) in [5.41, 5.74) is 1.82. The number of aryl methyl sites for hydroxylation is 1. The van der Waals surface area contributed by atoms with Crippen molar-refractivity contribution >= 4 is 22.8 Å². The van der Waals surface area contributed by atoms with Crippen LogP contribution in [0.15, 0.2) is 36.4 Å². The predicted molar refractivity (Wildman–Crippen MR) is 82.3 cm³/mol. The van der Waals surface area contributed by atoms with Crippen LogP contribution in [0.1, 0.15) is 34.0 Å². The maximum atomic E-state index is 11.2. The van der Waals surface area contributed by atoms with E-state index in [9.17, 15) is 4.79 Å². The molecule has 1 aromatic carbocycles. The molecule has 0 amide bonds. The van der Waals surface area contributed by atoms with Crippen molar-refractivity contribution in [1.82, 2.24) is 0 Å². The van der Waals surface area contributed by atoms with Crippen molar-refractivity contribution in [2.45, 2.75) is 33.2 Å². The quantitative estimate of drug-likeness (QED) is 0.823. The van der Waals surface area contributed by atoms with E-state index in [0.717, 1.165) is 17.7 Å². The number of thiophene rings is 1. The minimum atomic E-state index is 0.105. The molecule has 19 heavy (non-hydrogen) atoms. The van der Waals surface area contributed by atoms with Gasteiger partial charge in [0.25, 0.3) is 0 Å². The molecule has 2 aromatic rings.